The molecule has 0 fully saturated rings. The first-order valence-electron chi connectivity index (χ1n) is 9.19. The zero-order chi connectivity index (χ0) is 20.2. The van der Waals surface area contributed by atoms with Crippen LogP contribution in [0, 0.1) is 6.92 Å². The van der Waals surface area contributed by atoms with Crippen LogP contribution in [-0.2, 0) is 0 Å². The smallest absolute Gasteiger partial charge is 0.343 e. The Bertz CT molecular complexity index is 1190. The van der Waals surface area contributed by atoms with Gasteiger partial charge < -0.3 is 9.47 Å². The van der Waals surface area contributed by atoms with Crippen molar-refractivity contribution in [3.8, 4) is 11.5 Å². The fourth-order valence-corrected chi connectivity index (χ4v) is 3.11. The number of fused-ring (bicyclic) bond motifs is 1. The van der Waals surface area contributed by atoms with Crippen molar-refractivity contribution < 1.29 is 19.1 Å². The minimum absolute atomic E-state index is 0.337. The third-order valence-electron chi connectivity index (χ3n) is 4.50. The number of carbonyl (C=O) groups excluding carboxylic acids is 2. The minimum Gasteiger partial charge on any atom is -0.422 e. The fourth-order valence-electron chi connectivity index (χ4n) is 3.11. The number of rotatable bonds is 4. The highest BCUT2D eigenvalue weighted by Gasteiger charge is 2.16. The Morgan fingerprint density at radius 3 is 1.79 bits per heavy atom. The Balaban J connectivity index is 1.70. The molecule has 4 nitrogen and oxygen atoms in total. The molecule has 0 amide bonds. The first-order valence-corrected chi connectivity index (χ1v) is 9.19. The van der Waals surface area contributed by atoms with Gasteiger partial charge in [-0.05, 0) is 48.7 Å². The van der Waals surface area contributed by atoms with Crippen molar-refractivity contribution in [1.82, 2.24) is 0 Å². The number of ether oxygens (including phenoxy) is 2. The lowest BCUT2D eigenvalue weighted by atomic mass is 10.1. The molecule has 0 bridgehead atoms. The average molecular weight is 382 g/mol. The second kappa shape index (κ2) is 7.98. The summed E-state index contributed by atoms with van der Waals surface area (Å²) in [5.74, 6) is -0.266. The number of hydrogen-bond acceptors (Lipinski definition) is 4. The van der Waals surface area contributed by atoms with Gasteiger partial charge in [0.25, 0.3) is 0 Å². The molecule has 0 radical (unpaired) electrons. The summed E-state index contributed by atoms with van der Waals surface area (Å²) in [6.07, 6.45) is 0. The van der Waals surface area contributed by atoms with Gasteiger partial charge in [-0.3, -0.25) is 0 Å². The lowest BCUT2D eigenvalue weighted by Crippen LogP contribution is -2.11. The molecule has 4 aromatic rings. The molecule has 0 aromatic heterocycles. The van der Waals surface area contributed by atoms with Crippen LogP contribution in [0.15, 0.2) is 91.0 Å². The van der Waals surface area contributed by atoms with Crippen LogP contribution in [0.4, 0.5) is 0 Å². The minimum atomic E-state index is -0.474. The van der Waals surface area contributed by atoms with Crippen LogP contribution in [0.1, 0.15) is 26.3 Å². The highest BCUT2D eigenvalue weighted by atomic mass is 16.5. The van der Waals surface area contributed by atoms with Crippen molar-refractivity contribution in [2.45, 2.75) is 6.92 Å². The normalized spacial score (nSPS) is 10.5. The van der Waals surface area contributed by atoms with E-state index in [0.29, 0.717) is 28.0 Å². The van der Waals surface area contributed by atoms with Gasteiger partial charge in [0.2, 0.25) is 0 Å². The SMILES string of the molecule is Cc1cccc(C(=O)Oc2cccc3cccc(OC(=O)c4ccccc4)c23)c1. The first kappa shape index (κ1) is 18.4. The van der Waals surface area contributed by atoms with Gasteiger partial charge >= 0.3 is 11.9 Å². The quantitative estimate of drug-likeness (QED) is 0.341. The Morgan fingerprint density at radius 1 is 0.621 bits per heavy atom. The third kappa shape index (κ3) is 4.01. The summed E-state index contributed by atoms with van der Waals surface area (Å²) in [6.45, 7) is 1.91. The Kier molecular flexibility index (Phi) is 5.08. The molecule has 0 aliphatic carbocycles. The molecule has 0 aliphatic rings. The topological polar surface area (TPSA) is 52.6 Å². The Hall–Kier alpha value is -3.92. The van der Waals surface area contributed by atoms with Crippen LogP contribution in [0.2, 0.25) is 0 Å². The number of carbonyl (C=O) groups is 2. The van der Waals surface area contributed by atoms with E-state index in [1.165, 1.54) is 0 Å². The molecule has 0 unspecified atom stereocenters. The molecule has 29 heavy (non-hydrogen) atoms. The molecule has 4 aromatic carbocycles. The molecular formula is C25H18O4. The van der Waals surface area contributed by atoms with Crippen LogP contribution < -0.4 is 9.47 Å². The van der Waals surface area contributed by atoms with Gasteiger partial charge in [0.05, 0.1) is 16.5 Å². The van der Waals surface area contributed by atoms with Crippen molar-refractivity contribution in [1.29, 1.82) is 0 Å². The molecule has 142 valence electrons. The summed E-state index contributed by atoms with van der Waals surface area (Å²) in [7, 11) is 0. The molecule has 4 rings (SSSR count). The van der Waals surface area contributed by atoms with Gasteiger partial charge in [-0.1, -0.05) is 60.2 Å². The lowest BCUT2D eigenvalue weighted by Gasteiger charge is -2.12. The van der Waals surface area contributed by atoms with Gasteiger partial charge in [0, 0.05) is 0 Å². The van der Waals surface area contributed by atoms with E-state index < -0.39 is 11.9 Å². The number of hydrogen-bond donors (Lipinski definition) is 0. The van der Waals surface area contributed by atoms with Crippen molar-refractivity contribution in [3.63, 3.8) is 0 Å². The van der Waals surface area contributed by atoms with E-state index in [4.69, 9.17) is 9.47 Å². The molecule has 0 N–H and O–H groups in total. The van der Waals surface area contributed by atoms with Crippen molar-refractivity contribution in [2.75, 3.05) is 0 Å². The molecule has 0 spiro atoms. The molecular weight excluding hydrogens is 364 g/mol. The third-order valence-corrected chi connectivity index (χ3v) is 4.50. The van der Waals surface area contributed by atoms with Crippen LogP contribution in [-0.4, -0.2) is 11.9 Å². The van der Waals surface area contributed by atoms with Crippen LogP contribution >= 0.6 is 0 Å². The maximum absolute atomic E-state index is 12.6. The highest BCUT2D eigenvalue weighted by molar-refractivity contribution is 6.00. The molecule has 0 heterocycles. The highest BCUT2D eigenvalue weighted by Crippen LogP contribution is 2.35. The van der Waals surface area contributed by atoms with E-state index in [1.54, 1.807) is 60.7 Å². The summed E-state index contributed by atoms with van der Waals surface area (Å²) >= 11 is 0. The standard InChI is InChI=1S/C25H18O4/c1-17-8-5-13-20(16-17)25(27)29-22-15-7-12-18-11-6-14-21(23(18)22)28-24(26)19-9-3-2-4-10-19/h2-16H,1H3. The summed E-state index contributed by atoms with van der Waals surface area (Å²) < 4.78 is 11.3. The number of esters is 2. The van der Waals surface area contributed by atoms with Gasteiger partial charge in [0.1, 0.15) is 11.5 Å². The Labute approximate surface area is 168 Å². The van der Waals surface area contributed by atoms with E-state index in [0.717, 1.165) is 10.9 Å². The van der Waals surface area contributed by atoms with E-state index in [9.17, 15) is 9.59 Å². The van der Waals surface area contributed by atoms with Gasteiger partial charge in [-0.25, -0.2) is 9.59 Å². The largest absolute Gasteiger partial charge is 0.422 e. The zero-order valence-electron chi connectivity index (χ0n) is 15.8. The second-order valence-electron chi connectivity index (χ2n) is 6.62. The van der Waals surface area contributed by atoms with Crippen LogP contribution in [0.3, 0.4) is 0 Å². The van der Waals surface area contributed by atoms with Crippen molar-refractivity contribution in [2.24, 2.45) is 0 Å². The maximum Gasteiger partial charge on any atom is 0.343 e. The number of benzene rings is 4. The molecule has 0 saturated carbocycles. The van der Waals surface area contributed by atoms with Crippen LogP contribution in [0.25, 0.3) is 10.8 Å². The summed E-state index contributed by atoms with van der Waals surface area (Å²) in [6, 6.07) is 26.7. The molecule has 0 aliphatic heterocycles. The van der Waals surface area contributed by atoms with Gasteiger partial charge in [0.15, 0.2) is 0 Å². The monoisotopic (exact) mass is 382 g/mol. The van der Waals surface area contributed by atoms with E-state index >= 15 is 0 Å². The molecule has 0 saturated heterocycles. The first-order chi connectivity index (χ1) is 14.1. The second-order valence-corrected chi connectivity index (χ2v) is 6.62. The van der Waals surface area contributed by atoms with Crippen molar-refractivity contribution >= 4 is 22.7 Å². The Morgan fingerprint density at radius 2 is 1.17 bits per heavy atom. The van der Waals surface area contributed by atoms with Gasteiger partial charge in [-0.15, -0.1) is 0 Å². The predicted octanol–water partition coefficient (Wildman–Crippen LogP) is 5.59. The van der Waals surface area contributed by atoms with E-state index in [1.807, 2.05) is 37.3 Å². The molecule has 0 atom stereocenters. The summed E-state index contributed by atoms with van der Waals surface area (Å²) in [5.41, 5.74) is 1.87. The predicted molar refractivity (Wildman–Crippen MR) is 111 cm³/mol. The maximum atomic E-state index is 12.6. The van der Waals surface area contributed by atoms with Crippen LogP contribution in [0.5, 0.6) is 11.5 Å². The van der Waals surface area contributed by atoms with Crippen molar-refractivity contribution in [3.05, 3.63) is 108 Å². The van der Waals surface area contributed by atoms with Gasteiger partial charge in [-0.2, -0.15) is 0 Å². The fraction of sp³-hybridized carbons (Fsp3) is 0.0400. The summed E-state index contributed by atoms with van der Waals surface area (Å²) in [4.78, 5) is 25.2. The average Bonchev–Trinajstić information content (AvgIpc) is 2.74. The zero-order valence-corrected chi connectivity index (χ0v) is 15.8. The number of aryl methyl sites for hydroxylation is 1. The van der Waals surface area contributed by atoms with E-state index in [2.05, 4.69) is 0 Å². The van der Waals surface area contributed by atoms with E-state index in [-0.39, 0.29) is 0 Å². The molecule has 4 heteroatoms. The summed E-state index contributed by atoms with van der Waals surface area (Å²) in [5, 5.41) is 1.37. The lowest BCUT2D eigenvalue weighted by molar-refractivity contribution is 0.0736.